The van der Waals surface area contributed by atoms with E-state index in [0.717, 1.165) is 25.9 Å². The maximum absolute atomic E-state index is 13.2. The summed E-state index contributed by atoms with van der Waals surface area (Å²) >= 11 is 6.03. The Bertz CT molecular complexity index is 1230. The first-order chi connectivity index (χ1) is 16.8. The molecule has 8 heteroatoms. The van der Waals surface area contributed by atoms with Crippen LogP contribution >= 0.6 is 11.6 Å². The summed E-state index contributed by atoms with van der Waals surface area (Å²) in [6, 6.07) is 10.8. The lowest BCUT2D eigenvalue weighted by atomic mass is 10.0. The third-order valence-corrected chi connectivity index (χ3v) is 6.21. The molecular weight excluding hydrogens is 444 g/mol. The second kappa shape index (κ2) is 9.63. The third kappa shape index (κ3) is 5.11. The molecule has 3 aromatic rings. The zero-order valence-electron chi connectivity index (χ0n) is 20.1. The molecule has 0 saturated carbocycles. The van der Waals surface area contributed by atoms with E-state index in [1.54, 1.807) is 36.4 Å². The number of aliphatic hydroxyl groups is 1. The van der Waals surface area contributed by atoms with Crippen LogP contribution in [-0.2, 0) is 11.2 Å². The highest BCUT2D eigenvalue weighted by molar-refractivity contribution is 6.31. The van der Waals surface area contributed by atoms with E-state index in [2.05, 4.69) is 10.2 Å². The standard InChI is InChI=1S/C25H27ClN2O5/c26-18-4-6-21-17(11-18)12-19(33-21)14-24(29)27-20(15-28-7-1-2-8-28)25(30)16-3-5-22-23(13-16)32-10-9-31-22/h3-6,11-13,20,25,30H,1-2,7-10,14-15H2,(H,27,29)/t20-,25-/m1/s1/i14D2. The minimum Gasteiger partial charge on any atom is -0.486 e. The monoisotopic (exact) mass is 472 g/mol. The second-order valence-electron chi connectivity index (χ2n) is 8.35. The number of halogens is 1. The summed E-state index contributed by atoms with van der Waals surface area (Å²) in [7, 11) is 0. The Labute approximate surface area is 200 Å². The van der Waals surface area contributed by atoms with Crippen LogP contribution in [0.5, 0.6) is 11.5 Å². The van der Waals surface area contributed by atoms with E-state index in [1.165, 1.54) is 6.07 Å². The van der Waals surface area contributed by atoms with Gasteiger partial charge >= 0.3 is 0 Å². The van der Waals surface area contributed by atoms with Gasteiger partial charge in [-0.05, 0) is 67.9 Å². The van der Waals surface area contributed by atoms with E-state index in [4.69, 9.17) is 28.2 Å². The minimum absolute atomic E-state index is 0.124. The van der Waals surface area contributed by atoms with Crippen LogP contribution in [0.1, 0.15) is 33.0 Å². The van der Waals surface area contributed by atoms with E-state index < -0.39 is 24.4 Å². The maximum Gasteiger partial charge on any atom is 0.227 e. The van der Waals surface area contributed by atoms with Crippen molar-refractivity contribution in [2.75, 3.05) is 32.8 Å². The number of amides is 1. The minimum atomic E-state index is -2.46. The Morgan fingerprint density at radius 1 is 1.12 bits per heavy atom. The molecule has 1 aromatic heterocycles. The van der Waals surface area contributed by atoms with Gasteiger partial charge in [0.25, 0.3) is 0 Å². The van der Waals surface area contributed by atoms with Crippen molar-refractivity contribution in [1.82, 2.24) is 10.2 Å². The molecule has 2 aromatic carbocycles. The molecule has 0 bridgehead atoms. The number of fused-ring (bicyclic) bond motifs is 2. The van der Waals surface area contributed by atoms with Crippen LogP contribution in [0.3, 0.4) is 0 Å². The van der Waals surface area contributed by atoms with E-state index >= 15 is 0 Å². The smallest absolute Gasteiger partial charge is 0.227 e. The van der Waals surface area contributed by atoms with Crippen LogP contribution in [0, 0.1) is 0 Å². The van der Waals surface area contributed by atoms with Gasteiger partial charge in [-0.2, -0.15) is 0 Å². The quantitative estimate of drug-likeness (QED) is 0.545. The van der Waals surface area contributed by atoms with Crippen molar-refractivity contribution in [3.05, 3.63) is 58.8 Å². The Kier molecular flexibility index (Phi) is 5.75. The molecule has 0 aliphatic carbocycles. The van der Waals surface area contributed by atoms with Crippen LogP contribution in [0.25, 0.3) is 11.0 Å². The van der Waals surface area contributed by atoms with E-state index in [-0.39, 0.29) is 5.76 Å². The molecular formula is C25H27ClN2O5. The third-order valence-electron chi connectivity index (χ3n) is 5.97. The fourth-order valence-electron chi connectivity index (χ4n) is 4.34. The zero-order chi connectivity index (χ0) is 24.6. The first kappa shape index (κ1) is 19.7. The van der Waals surface area contributed by atoms with Gasteiger partial charge in [0, 0.05) is 19.7 Å². The number of benzene rings is 2. The van der Waals surface area contributed by atoms with Gasteiger partial charge < -0.3 is 29.2 Å². The Morgan fingerprint density at radius 2 is 1.91 bits per heavy atom. The average molecular weight is 473 g/mol. The van der Waals surface area contributed by atoms with E-state index in [1.807, 2.05) is 0 Å². The zero-order valence-corrected chi connectivity index (χ0v) is 18.8. The molecule has 3 heterocycles. The van der Waals surface area contributed by atoms with Crippen molar-refractivity contribution in [2.45, 2.75) is 31.4 Å². The van der Waals surface area contributed by atoms with Gasteiger partial charge in [0.1, 0.15) is 30.7 Å². The lowest BCUT2D eigenvalue weighted by molar-refractivity contribution is -0.122. The Balaban J connectivity index is 1.39. The molecule has 1 saturated heterocycles. The number of rotatable bonds is 7. The molecule has 33 heavy (non-hydrogen) atoms. The molecule has 0 radical (unpaired) electrons. The van der Waals surface area contributed by atoms with Gasteiger partial charge in [-0.1, -0.05) is 17.7 Å². The number of likely N-dealkylation sites (tertiary alicyclic amines) is 1. The summed E-state index contributed by atoms with van der Waals surface area (Å²) in [6.07, 6.45) is -1.45. The van der Waals surface area contributed by atoms with Crippen LogP contribution in [-0.4, -0.2) is 54.8 Å². The van der Waals surface area contributed by atoms with Crippen molar-refractivity contribution in [2.24, 2.45) is 0 Å². The normalized spacial score (nSPS) is 19.1. The van der Waals surface area contributed by atoms with Gasteiger partial charge in [-0.25, -0.2) is 0 Å². The van der Waals surface area contributed by atoms with Crippen molar-refractivity contribution >= 4 is 28.5 Å². The van der Waals surface area contributed by atoms with Crippen LogP contribution in [0.15, 0.2) is 46.9 Å². The summed E-state index contributed by atoms with van der Waals surface area (Å²) in [6.45, 7) is 2.98. The van der Waals surface area contributed by atoms with Gasteiger partial charge in [0.2, 0.25) is 5.91 Å². The number of nitrogens with one attached hydrogen (secondary N) is 1. The number of ether oxygens (including phenoxy) is 2. The largest absolute Gasteiger partial charge is 0.486 e. The van der Waals surface area contributed by atoms with Crippen LogP contribution < -0.4 is 14.8 Å². The number of nitrogens with zero attached hydrogens (tertiary/aromatic N) is 1. The Morgan fingerprint density at radius 3 is 2.73 bits per heavy atom. The first-order valence-electron chi connectivity index (χ1n) is 12.1. The molecule has 0 unspecified atom stereocenters. The highest BCUT2D eigenvalue weighted by Crippen LogP contribution is 2.33. The SMILES string of the molecule is [2H]C([2H])(C(=O)N[C@H](CN1CCCC1)[C@H](O)c1ccc2c(c1)OCCO2)c1cc2cc(Cl)ccc2o1. The van der Waals surface area contributed by atoms with Crippen molar-refractivity contribution < 1.29 is 26.5 Å². The highest BCUT2D eigenvalue weighted by atomic mass is 35.5. The second-order valence-corrected chi connectivity index (χ2v) is 8.79. The molecule has 0 spiro atoms. The molecule has 1 fully saturated rings. The Hall–Kier alpha value is -2.74. The summed E-state index contributed by atoms with van der Waals surface area (Å²) in [5, 5.41) is 15.1. The molecule has 2 N–H and O–H groups in total. The molecule has 5 rings (SSSR count). The lowest BCUT2D eigenvalue weighted by Gasteiger charge is -2.29. The molecule has 1 amide bonds. The number of carbonyl (C=O) groups is 1. The van der Waals surface area contributed by atoms with Crippen LogP contribution in [0.4, 0.5) is 0 Å². The van der Waals surface area contributed by atoms with Gasteiger partial charge in [-0.3, -0.25) is 4.79 Å². The van der Waals surface area contributed by atoms with Gasteiger partial charge in [-0.15, -0.1) is 0 Å². The van der Waals surface area contributed by atoms with Gasteiger partial charge in [0.05, 0.1) is 12.4 Å². The number of furan rings is 1. The van der Waals surface area contributed by atoms with Crippen molar-refractivity contribution in [3.63, 3.8) is 0 Å². The average Bonchev–Trinajstić information content (AvgIpc) is 3.52. The van der Waals surface area contributed by atoms with Gasteiger partial charge in [0.15, 0.2) is 11.5 Å². The van der Waals surface area contributed by atoms with E-state index in [0.29, 0.717) is 52.8 Å². The fraction of sp³-hybridized carbons (Fsp3) is 0.400. The fourth-order valence-corrected chi connectivity index (χ4v) is 4.52. The first-order valence-corrected chi connectivity index (χ1v) is 11.5. The summed E-state index contributed by atoms with van der Waals surface area (Å²) in [5.41, 5.74) is 0.990. The highest BCUT2D eigenvalue weighted by Gasteiger charge is 2.28. The predicted octanol–water partition coefficient (Wildman–Crippen LogP) is 3.71. The van der Waals surface area contributed by atoms with E-state index in [9.17, 15) is 9.90 Å². The molecule has 174 valence electrons. The number of hydrogen-bond donors (Lipinski definition) is 2. The number of aliphatic hydroxyl groups excluding tert-OH is 1. The summed E-state index contributed by atoms with van der Waals surface area (Å²) in [5.74, 6) is 0.133. The summed E-state index contributed by atoms with van der Waals surface area (Å²) in [4.78, 5) is 15.4. The molecule has 7 nitrogen and oxygen atoms in total. The molecule has 2 aliphatic heterocycles. The topological polar surface area (TPSA) is 84.2 Å². The number of hydrogen-bond acceptors (Lipinski definition) is 6. The summed E-state index contributed by atoms with van der Waals surface area (Å²) < 4.78 is 33.8. The molecule has 2 atom stereocenters. The lowest BCUT2D eigenvalue weighted by Crippen LogP contribution is -2.47. The van der Waals surface area contributed by atoms with Crippen LogP contribution in [0.2, 0.25) is 5.02 Å². The maximum atomic E-state index is 13.2. The van der Waals surface area contributed by atoms with Crippen molar-refractivity contribution in [3.8, 4) is 11.5 Å². The molecule has 2 aliphatic rings. The van der Waals surface area contributed by atoms with Crippen molar-refractivity contribution in [1.29, 1.82) is 0 Å². The number of carbonyl (C=O) groups excluding carboxylic acids is 1. The predicted molar refractivity (Wildman–Crippen MR) is 125 cm³/mol.